The molecule has 0 unspecified atom stereocenters. The number of carbonyl (C=O) groups excluding carboxylic acids is 1. The molecule has 0 saturated carbocycles. The molecule has 28 heavy (non-hydrogen) atoms. The topological polar surface area (TPSA) is 103 Å². The van der Waals surface area contributed by atoms with Crippen LogP contribution in [0.4, 0.5) is 0 Å². The van der Waals surface area contributed by atoms with E-state index in [-0.39, 0.29) is 21.4 Å². The molecule has 0 aliphatic carbocycles. The summed E-state index contributed by atoms with van der Waals surface area (Å²) in [7, 11) is -2.25. The van der Waals surface area contributed by atoms with Crippen molar-refractivity contribution in [2.24, 2.45) is 12.1 Å². The van der Waals surface area contributed by atoms with Crippen molar-refractivity contribution in [1.29, 1.82) is 0 Å². The number of hydrazone groups is 1. The third-order valence-electron chi connectivity index (χ3n) is 3.50. The molecule has 0 aliphatic rings. The van der Waals surface area contributed by atoms with Crippen molar-refractivity contribution in [3.05, 3.63) is 77.1 Å². The number of nitrogens with zero attached hydrogens (tertiary/aromatic N) is 3. The molecule has 0 atom stereocenters. The van der Waals surface area contributed by atoms with Gasteiger partial charge in [0.1, 0.15) is 10.6 Å². The van der Waals surface area contributed by atoms with Crippen molar-refractivity contribution in [2.75, 3.05) is 0 Å². The molecule has 2 aromatic carbocycles. The number of hydrogen-bond donors (Lipinski definition) is 1. The summed E-state index contributed by atoms with van der Waals surface area (Å²) in [5, 5.41) is 7.98. The molecule has 3 rings (SSSR count). The molecule has 1 aromatic heterocycles. The van der Waals surface area contributed by atoms with Crippen molar-refractivity contribution in [1.82, 2.24) is 15.2 Å². The Bertz CT molecular complexity index is 1110. The second kappa shape index (κ2) is 8.24. The van der Waals surface area contributed by atoms with E-state index in [4.69, 9.17) is 15.8 Å². The third kappa shape index (κ3) is 4.76. The Kier molecular flexibility index (Phi) is 5.76. The molecule has 0 radical (unpaired) electrons. The maximum absolute atomic E-state index is 12.2. The second-order valence-corrected chi connectivity index (χ2v) is 7.57. The maximum atomic E-state index is 12.2. The molecule has 0 fully saturated rings. The maximum Gasteiger partial charge on any atom is 0.339 e. The summed E-state index contributed by atoms with van der Waals surface area (Å²) in [5.74, 6) is -0.388. The molecule has 1 N–H and O–H groups in total. The highest BCUT2D eigenvalue weighted by Gasteiger charge is 2.16. The number of nitrogens with one attached hydrogen (secondary N) is 1. The SMILES string of the molecule is Cn1cc(Cl)c(C(=O)N/N=C\c2ccc(OS(=O)(=O)c3ccccc3)cc2)n1. The van der Waals surface area contributed by atoms with Crippen molar-refractivity contribution in [3.63, 3.8) is 0 Å². The molecule has 1 heterocycles. The summed E-state index contributed by atoms with van der Waals surface area (Å²) in [6.45, 7) is 0. The summed E-state index contributed by atoms with van der Waals surface area (Å²) < 4.78 is 30.9. The van der Waals surface area contributed by atoms with Crippen LogP contribution in [0.5, 0.6) is 5.75 Å². The fraction of sp³-hybridized carbons (Fsp3) is 0.0556. The predicted octanol–water partition coefficient (Wildman–Crippen LogP) is 2.61. The van der Waals surface area contributed by atoms with E-state index in [1.54, 1.807) is 37.4 Å². The Morgan fingerprint density at radius 1 is 1.18 bits per heavy atom. The van der Waals surface area contributed by atoms with E-state index in [0.717, 1.165) is 0 Å². The molecule has 1 amide bonds. The van der Waals surface area contributed by atoms with Gasteiger partial charge in [-0.3, -0.25) is 9.48 Å². The fourth-order valence-electron chi connectivity index (χ4n) is 2.20. The molecule has 0 bridgehead atoms. The van der Waals surface area contributed by atoms with Crippen LogP contribution in [0.15, 0.2) is 70.8 Å². The van der Waals surface area contributed by atoms with Crippen LogP contribution in [-0.4, -0.2) is 30.3 Å². The lowest BCUT2D eigenvalue weighted by molar-refractivity contribution is 0.0949. The van der Waals surface area contributed by atoms with E-state index in [9.17, 15) is 13.2 Å². The lowest BCUT2D eigenvalue weighted by Crippen LogP contribution is -2.18. The summed E-state index contributed by atoms with van der Waals surface area (Å²) in [5.41, 5.74) is 3.01. The summed E-state index contributed by atoms with van der Waals surface area (Å²) in [6.07, 6.45) is 2.90. The predicted molar refractivity (Wildman–Crippen MR) is 104 cm³/mol. The van der Waals surface area contributed by atoms with Gasteiger partial charge in [0.25, 0.3) is 5.91 Å². The first-order valence-corrected chi connectivity index (χ1v) is 9.76. The van der Waals surface area contributed by atoms with Gasteiger partial charge < -0.3 is 4.18 Å². The van der Waals surface area contributed by atoms with Gasteiger partial charge in [-0.25, -0.2) is 5.43 Å². The average molecular weight is 419 g/mol. The minimum atomic E-state index is -3.90. The van der Waals surface area contributed by atoms with E-state index >= 15 is 0 Å². The number of amides is 1. The third-order valence-corrected chi connectivity index (χ3v) is 5.03. The van der Waals surface area contributed by atoms with Crippen LogP contribution in [-0.2, 0) is 17.2 Å². The minimum Gasteiger partial charge on any atom is -0.379 e. The molecule has 0 spiro atoms. The number of aromatic nitrogens is 2. The summed E-state index contributed by atoms with van der Waals surface area (Å²) >= 11 is 5.89. The van der Waals surface area contributed by atoms with E-state index in [1.165, 1.54) is 41.4 Å². The standard InChI is InChI=1S/C18H15ClN4O4S/c1-23-12-16(19)17(22-23)18(24)21-20-11-13-7-9-14(10-8-13)27-28(25,26)15-5-3-2-4-6-15/h2-12H,1H3,(H,21,24)/b20-11-. The van der Waals surface area contributed by atoms with Crippen LogP contribution in [0.25, 0.3) is 0 Å². The first-order chi connectivity index (χ1) is 13.3. The largest absolute Gasteiger partial charge is 0.379 e. The van der Waals surface area contributed by atoms with E-state index < -0.39 is 16.0 Å². The van der Waals surface area contributed by atoms with Gasteiger partial charge in [-0.15, -0.1) is 0 Å². The van der Waals surface area contributed by atoms with Crippen LogP contribution >= 0.6 is 11.6 Å². The Morgan fingerprint density at radius 2 is 1.86 bits per heavy atom. The minimum absolute atomic E-state index is 0.0659. The van der Waals surface area contributed by atoms with Crippen molar-refractivity contribution < 1.29 is 17.4 Å². The monoisotopic (exact) mass is 418 g/mol. The molecule has 144 valence electrons. The van der Waals surface area contributed by atoms with E-state index in [2.05, 4.69) is 15.6 Å². The second-order valence-electron chi connectivity index (χ2n) is 5.62. The Hall–Kier alpha value is -3.17. The zero-order valence-corrected chi connectivity index (χ0v) is 16.2. The number of hydrogen-bond acceptors (Lipinski definition) is 6. The first-order valence-electron chi connectivity index (χ1n) is 7.97. The van der Waals surface area contributed by atoms with Gasteiger partial charge in [-0.1, -0.05) is 29.8 Å². The van der Waals surface area contributed by atoms with Gasteiger partial charge in [-0.05, 0) is 42.0 Å². The zero-order chi connectivity index (χ0) is 20.1. The Morgan fingerprint density at radius 3 is 2.46 bits per heavy atom. The lowest BCUT2D eigenvalue weighted by atomic mass is 10.2. The fourth-order valence-corrected chi connectivity index (χ4v) is 3.42. The van der Waals surface area contributed by atoms with Crippen LogP contribution < -0.4 is 9.61 Å². The number of halogens is 1. The van der Waals surface area contributed by atoms with E-state index in [0.29, 0.717) is 5.56 Å². The van der Waals surface area contributed by atoms with E-state index in [1.807, 2.05) is 0 Å². The van der Waals surface area contributed by atoms with Crippen LogP contribution in [0.1, 0.15) is 16.1 Å². The smallest absolute Gasteiger partial charge is 0.339 e. The Balaban J connectivity index is 1.62. The molecule has 10 heteroatoms. The molecule has 3 aromatic rings. The number of aryl methyl sites for hydroxylation is 1. The molecule has 0 aliphatic heterocycles. The Labute approximate surface area is 166 Å². The van der Waals surface area contributed by atoms with Gasteiger partial charge >= 0.3 is 10.1 Å². The summed E-state index contributed by atoms with van der Waals surface area (Å²) in [6, 6.07) is 14.0. The van der Waals surface area contributed by atoms with Crippen molar-refractivity contribution in [2.45, 2.75) is 4.90 Å². The van der Waals surface area contributed by atoms with Crippen molar-refractivity contribution in [3.8, 4) is 5.75 Å². The van der Waals surface area contributed by atoms with Gasteiger partial charge in [0.15, 0.2) is 5.69 Å². The first kappa shape index (κ1) is 19.6. The van der Waals surface area contributed by atoms with Crippen LogP contribution in [0.2, 0.25) is 5.02 Å². The number of carbonyl (C=O) groups is 1. The van der Waals surface area contributed by atoms with Gasteiger partial charge in [0.05, 0.1) is 11.2 Å². The quantitative estimate of drug-likeness (QED) is 0.376. The van der Waals surface area contributed by atoms with Crippen LogP contribution in [0, 0.1) is 0 Å². The zero-order valence-electron chi connectivity index (χ0n) is 14.6. The highest BCUT2D eigenvalue weighted by atomic mass is 35.5. The highest BCUT2D eigenvalue weighted by Crippen LogP contribution is 2.18. The van der Waals surface area contributed by atoms with Crippen LogP contribution in [0.3, 0.4) is 0 Å². The highest BCUT2D eigenvalue weighted by molar-refractivity contribution is 7.87. The average Bonchev–Trinajstić information content (AvgIpc) is 3.02. The summed E-state index contributed by atoms with van der Waals surface area (Å²) in [4.78, 5) is 12.0. The molecular formula is C18H15ClN4O4S. The molecular weight excluding hydrogens is 404 g/mol. The van der Waals surface area contributed by atoms with Crippen molar-refractivity contribution >= 4 is 33.8 Å². The number of rotatable bonds is 6. The van der Waals surface area contributed by atoms with Gasteiger partial charge in [-0.2, -0.15) is 18.6 Å². The molecule has 0 saturated heterocycles. The normalized spacial score (nSPS) is 11.5. The van der Waals surface area contributed by atoms with Gasteiger partial charge in [0, 0.05) is 13.2 Å². The number of benzene rings is 2. The molecule has 8 nitrogen and oxygen atoms in total. The lowest BCUT2D eigenvalue weighted by Gasteiger charge is -2.06. The van der Waals surface area contributed by atoms with Gasteiger partial charge in [0.2, 0.25) is 0 Å².